The van der Waals surface area contributed by atoms with Crippen LogP contribution >= 0.6 is 0 Å². The van der Waals surface area contributed by atoms with Crippen LogP contribution < -0.4 is 5.32 Å². The predicted molar refractivity (Wildman–Crippen MR) is 60.5 cm³/mol. The van der Waals surface area contributed by atoms with Gasteiger partial charge in [0, 0.05) is 5.54 Å². The molecule has 0 aromatic heterocycles. The van der Waals surface area contributed by atoms with Gasteiger partial charge in [0.1, 0.15) is 0 Å². The van der Waals surface area contributed by atoms with Crippen molar-refractivity contribution >= 4 is 0 Å². The Bertz CT molecular complexity index is 319. The van der Waals surface area contributed by atoms with Crippen molar-refractivity contribution in [2.24, 2.45) is 0 Å². The number of rotatable bonds is 1. The zero-order valence-corrected chi connectivity index (χ0v) is 9.14. The maximum Gasteiger partial charge on any atom is 0.0190 e. The SMILES string of the molecule is CNC1(C)CCCc2ccccc2C1. The Morgan fingerprint density at radius 2 is 1.93 bits per heavy atom. The Hall–Kier alpha value is -0.820. The first-order chi connectivity index (χ1) is 6.73. The minimum absolute atomic E-state index is 0.298. The monoisotopic (exact) mass is 189 g/mol. The second kappa shape index (κ2) is 3.74. The lowest BCUT2D eigenvalue weighted by molar-refractivity contribution is 0.354. The maximum absolute atomic E-state index is 3.46. The van der Waals surface area contributed by atoms with Crippen LogP contribution in [0.25, 0.3) is 0 Å². The molecule has 1 aromatic rings. The topological polar surface area (TPSA) is 12.0 Å². The summed E-state index contributed by atoms with van der Waals surface area (Å²) in [5, 5.41) is 3.46. The normalized spacial score (nSPS) is 26.7. The Morgan fingerprint density at radius 3 is 2.64 bits per heavy atom. The van der Waals surface area contributed by atoms with Crippen molar-refractivity contribution in [3.63, 3.8) is 0 Å². The van der Waals surface area contributed by atoms with Crippen LogP contribution in [0.3, 0.4) is 0 Å². The molecule has 1 atom stereocenters. The highest BCUT2D eigenvalue weighted by Crippen LogP contribution is 2.26. The van der Waals surface area contributed by atoms with E-state index in [4.69, 9.17) is 0 Å². The van der Waals surface area contributed by atoms with Crippen LogP contribution in [0, 0.1) is 0 Å². The number of nitrogens with one attached hydrogen (secondary N) is 1. The van der Waals surface area contributed by atoms with Crippen LogP contribution in [0.1, 0.15) is 30.9 Å². The lowest BCUT2D eigenvalue weighted by Crippen LogP contribution is -2.41. The Labute approximate surface area is 86.5 Å². The van der Waals surface area contributed by atoms with Crippen LogP contribution in [0.2, 0.25) is 0 Å². The highest BCUT2D eigenvalue weighted by atomic mass is 14.9. The summed E-state index contributed by atoms with van der Waals surface area (Å²) >= 11 is 0. The molecule has 14 heavy (non-hydrogen) atoms. The van der Waals surface area contributed by atoms with E-state index in [9.17, 15) is 0 Å². The molecule has 1 aromatic carbocycles. The highest BCUT2D eigenvalue weighted by Gasteiger charge is 2.25. The van der Waals surface area contributed by atoms with Gasteiger partial charge in [-0.1, -0.05) is 24.3 Å². The van der Waals surface area contributed by atoms with Gasteiger partial charge >= 0.3 is 0 Å². The molecule has 1 aliphatic rings. The minimum atomic E-state index is 0.298. The van der Waals surface area contributed by atoms with Gasteiger partial charge < -0.3 is 5.32 Å². The van der Waals surface area contributed by atoms with Gasteiger partial charge in [0.2, 0.25) is 0 Å². The summed E-state index contributed by atoms with van der Waals surface area (Å²) < 4.78 is 0. The van der Waals surface area contributed by atoms with E-state index < -0.39 is 0 Å². The van der Waals surface area contributed by atoms with Gasteiger partial charge in [-0.3, -0.25) is 0 Å². The first kappa shape index (κ1) is 9.72. The van der Waals surface area contributed by atoms with Crippen molar-refractivity contribution in [3.05, 3.63) is 35.4 Å². The number of fused-ring (bicyclic) bond motifs is 1. The number of hydrogen-bond acceptors (Lipinski definition) is 1. The lowest BCUT2D eigenvalue weighted by Gasteiger charge is -2.27. The molecule has 1 N–H and O–H groups in total. The van der Waals surface area contributed by atoms with Crippen LogP contribution in [-0.4, -0.2) is 12.6 Å². The molecule has 0 heterocycles. The smallest absolute Gasteiger partial charge is 0.0190 e. The van der Waals surface area contributed by atoms with Gasteiger partial charge in [-0.25, -0.2) is 0 Å². The summed E-state index contributed by atoms with van der Waals surface area (Å²) in [5.41, 5.74) is 3.38. The number of benzene rings is 1. The van der Waals surface area contributed by atoms with Gasteiger partial charge in [0.25, 0.3) is 0 Å². The van der Waals surface area contributed by atoms with Crippen LogP contribution in [0.5, 0.6) is 0 Å². The van der Waals surface area contributed by atoms with Gasteiger partial charge in [-0.2, -0.15) is 0 Å². The molecule has 1 heteroatoms. The van der Waals surface area contributed by atoms with Crippen LogP contribution in [0.4, 0.5) is 0 Å². The molecule has 0 aliphatic heterocycles. The van der Waals surface area contributed by atoms with Crippen molar-refractivity contribution in [2.45, 2.75) is 38.1 Å². The van der Waals surface area contributed by atoms with Crippen molar-refractivity contribution in [2.75, 3.05) is 7.05 Å². The summed E-state index contributed by atoms with van der Waals surface area (Å²) in [7, 11) is 2.08. The molecule has 1 aliphatic carbocycles. The molecule has 0 saturated heterocycles. The van der Waals surface area contributed by atoms with Crippen LogP contribution in [-0.2, 0) is 12.8 Å². The van der Waals surface area contributed by atoms with Gasteiger partial charge in [0.15, 0.2) is 0 Å². The lowest BCUT2D eigenvalue weighted by atomic mass is 9.90. The molecule has 1 nitrogen and oxygen atoms in total. The highest BCUT2D eigenvalue weighted by molar-refractivity contribution is 5.30. The quantitative estimate of drug-likeness (QED) is 0.669. The molecule has 0 spiro atoms. The Kier molecular flexibility index (Phi) is 2.60. The fraction of sp³-hybridized carbons (Fsp3) is 0.538. The van der Waals surface area contributed by atoms with Crippen molar-refractivity contribution in [1.82, 2.24) is 5.32 Å². The molecule has 0 saturated carbocycles. The third-order valence-electron chi connectivity index (χ3n) is 3.48. The van der Waals surface area contributed by atoms with Crippen molar-refractivity contribution in [1.29, 1.82) is 0 Å². The summed E-state index contributed by atoms with van der Waals surface area (Å²) in [6.45, 7) is 2.33. The average molecular weight is 189 g/mol. The molecule has 1 unspecified atom stereocenters. The van der Waals surface area contributed by atoms with Crippen molar-refractivity contribution < 1.29 is 0 Å². The molecule has 0 fully saturated rings. The van der Waals surface area contributed by atoms with E-state index in [1.165, 1.54) is 31.2 Å². The van der Waals surface area contributed by atoms with E-state index in [0.717, 1.165) is 0 Å². The van der Waals surface area contributed by atoms with E-state index in [1.54, 1.807) is 5.56 Å². The number of hydrogen-bond donors (Lipinski definition) is 1. The molecular weight excluding hydrogens is 170 g/mol. The molecular formula is C13H19N. The third-order valence-corrected chi connectivity index (χ3v) is 3.48. The molecule has 0 radical (unpaired) electrons. The van der Waals surface area contributed by atoms with Gasteiger partial charge in [-0.05, 0) is 50.8 Å². The minimum Gasteiger partial charge on any atom is -0.314 e. The van der Waals surface area contributed by atoms with E-state index in [0.29, 0.717) is 5.54 Å². The first-order valence-corrected chi connectivity index (χ1v) is 5.49. The van der Waals surface area contributed by atoms with E-state index in [-0.39, 0.29) is 0 Å². The predicted octanol–water partition coefficient (Wildman–Crippen LogP) is 2.54. The van der Waals surface area contributed by atoms with Crippen molar-refractivity contribution in [3.8, 4) is 0 Å². The molecule has 76 valence electrons. The second-order valence-corrected chi connectivity index (χ2v) is 4.61. The van der Waals surface area contributed by atoms with Gasteiger partial charge in [-0.15, -0.1) is 0 Å². The van der Waals surface area contributed by atoms with E-state index >= 15 is 0 Å². The molecule has 0 amide bonds. The summed E-state index contributed by atoms with van der Waals surface area (Å²) in [6.07, 6.45) is 4.99. The zero-order chi connectivity index (χ0) is 10.0. The first-order valence-electron chi connectivity index (χ1n) is 5.49. The second-order valence-electron chi connectivity index (χ2n) is 4.61. The van der Waals surface area contributed by atoms with Crippen LogP contribution in [0.15, 0.2) is 24.3 Å². The van der Waals surface area contributed by atoms with Gasteiger partial charge in [0.05, 0.1) is 0 Å². The fourth-order valence-electron chi connectivity index (χ4n) is 2.36. The Morgan fingerprint density at radius 1 is 1.21 bits per heavy atom. The number of aryl methyl sites for hydroxylation is 1. The van der Waals surface area contributed by atoms with E-state index in [2.05, 4.69) is 43.6 Å². The average Bonchev–Trinajstić information content (AvgIpc) is 2.37. The Balaban J connectivity index is 2.31. The molecule has 2 rings (SSSR count). The number of likely N-dealkylation sites (N-methyl/N-ethyl adjacent to an activating group) is 1. The standard InChI is InChI=1S/C13H19N/c1-13(14-2)9-5-8-11-6-3-4-7-12(11)10-13/h3-4,6-7,14H,5,8-10H2,1-2H3. The zero-order valence-electron chi connectivity index (χ0n) is 9.14. The summed E-state index contributed by atoms with van der Waals surface area (Å²) in [4.78, 5) is 0. The third kappa shape index (κ3) is 1.83. The largest absolute Gasteiger partial charge is 0.314 e. The summed E-state index contributed by atoms with van der Waals surface area (Å²) in [6, 6.07) is 8.86. The molecule has 0 bridgehead atoms. The summed E-state index contributed by atoms with van der Waals surface area (Å²) in [5.74, 6) is 0. The fourth-order valence-corrected chi connectivity index (χ4v) is 2.36. The van der Waals surface area contributed by atoms with E-state index in [1.807, 2.05) is 0 Å². The maximum atomic E-state index is 3.46.